The lowest BCUT2D eigenvalue weighted by molar-refractivity contribution is -0.0797. The fourth-order valence-electron chi connectivity index (χ4n) is 1.32. The van der Waals surface area contributed by atoms with Crippen LogP contribution >= 0.6 is 15.9 Å². The molecule has 1 fully saturated rings. The van der Waals surface area contributed by atoms with E-state index < -0.39 is 0 Å². The highest BCUT2D eigenvalue weighted by atomic mass is 79.9. The van der Waals surface area contributed by atoms with Gasteiger partial charge in [-0.05, 0) is 18.2 Å². The molecule has 16 heavy (non-hydrogen) atoms. The van der Waals surface area contributed by atoms with Crippen molar-refractivity contribution in [2.45, 2.75) is 6.10 Å². The molecule has 0 atom stereocenters. The van der Waals surface area contributed by atoms with Crippen molar-refractivity contribution < 1.29 is 14.7 Å². The van der Waals surface area contributed by atoms with Crippen LogP contribution in [0.3, 0.4) is 0 Å². The highest BCUT2D eigenvalue weighted by Gasteiger charge is 2.22. The molecule has 0 bridgehead atoms. The Morgan fingerprint density at radius 2 is 2.31 bits per heavy atom. The molecular formula is C10H11BrN2O3. The van der Waals surface area contributed by atoms with Crippen molar-refractivity contribution in [1.29, 1.82) is 0 Å². The molecule has 1 aromatic rings. The van der Waals surface area contributed by atoms with Crippen LogP contribution in [-0.2, 0) is 4.74 Å². The van der Waals surface area contributed by atoms with Crippen LogP contribution in [0.5, 0.6) is 5.75 Å². The molecule has 5 nitrogen and oxygen atoms in total. The van der Waals surface area contributed by atoms with Crippen molar-refractivity contribution in [3.05, 3.63) is 28.2 Å². The number of hydrogen-bond acceptors (Lipinski definition) is 4. The van der Waals surface area contributed by atoms with Gasteiger partial charge in [0, 0.05) is 4.47 Å². The molecule has 2 rings (SSSR count). The molecule has 0 aromatic heterocycles. The Bertz CT molecular complexity index is 419. The molecule has 1 saturated heterocycles. The molecule has 1 heterocycles. The van der Waals surface area contributed by atoms with Gasteiger partial charge >= 0.3 is 0 Å². The number of benzene rings is 1. The van der Waals surface area contributed by atoms with Crippen LogP contribution in [0.4, 0.5) is 0 Å². The molecule has 1 aliphatic rings. The minimum atomic E-state index is 0.0246. The molecule has 1 aromatic carbocycles. The van der Waals surface area contributed by atoms with Crippen molar-refractivity contribution in [3.8, 4) is 5.75 Å². The average Bonchev–Trinajstić information content (AvgIpc) is 2.23. The maximum absolute atomic E-state index is 8.68. The lowest BCUT2D eigenvalue weighted by Crippen LogP contribution is -2.39. The van der Waals surface area contributed by atoms with E-state index in [4.69, 9.17) is 20.4 Å². The Balaban J connectivity index is 2.27. The average molecular weight is 287 g/mol. The molecule has 0 radical (unpaired) electrons. The van der Waals surface area contributed by atoms with Crippen molar-refractivity contribution in [3.63, 3.8) is 0 Å². The lowest BCUT2D eigenvalue weighted by atomic mass is 10.2. The summed E-state index contributed by atoms with van der Waals surface area (Å²) < 4.78 is 11.5. The van der Waals surface area contributed by atoms with E-state index in [-0.39, 0.29) is 11.9 Å². The van der Waals surface area contributed by atoms with Crippen molar-refractivity contribution >= 4 is 21.8 Å². The molecule has 0 spiro atoms. The van der Waals surface area contributed by atoms with E-state index in [1.807, 2.05) is 6.07 Å². The van der Waals surface area contributed by atoms with E-state index >= 15 is 0 Å². The molecule has 0 unspecified atom stereocenters. The summed E-state index contributed by atoms with van der Waals surface area (Å²) in [6.45, 7) is 1.15. The maximum atomic E-state index is 8.68. The second-order valence-electron chi connectivity index (χ2n) is 3.40. The van der Waals surface area contributed by atoms with Crippen molar-refractivity contribution in [1.82, 2.24) is 0 Å². The molecule has 0 saturated carbocycles. The van der Waals surface area contributed by atoms with Gasteiger partial charge in [-0.1, -0.05) is 21.1 Å². The zero-order valence-corrected chi connectivity index (χ0v) is 9.98. The number of oxime groups is 1. The highest BCUT2D eigenvalue weighted by molar-refractivity contribution is 9.10. The van der Waals surface area contributed by atoms with Crippen molar-refractivity contribution in [2.75, 3.05) is 13.2 Å². The summed E-state index contributed by atoms with van der Waals surface area (Å²) in [6, 6.07) is 5.35. The predicted octanol–water partition coefficient (Wildman–Crippen LogP) is 1.32. The van der Waals surface area contributed by atoms with E-state index in [0.29, 0.717) is 24.5 Å². The first kappa shape index (κ1) is 11.2. The summed E-state index contributed by atoms with van der Waals surface area (Å²) in [5.41, 5.74) is 6.13. The fourth-order valence-corrected chi connectivity index (χ4v) is 1.68. The Labute approximate surface area is 101 Å². The van der Waals surface area contributed by atoms with Gasteiger partial charge in [-0.2, -0.15) is 0 Å². The van der Waals surface area contributed by atoms with Crippen LogP contribution in [0.1, 0.15) is 5.56 Å². The molecule has 6 heteroatoms. The van der Waals surface area contributed by atoms with Crippen LogP contribution in [0, 0.1) is 0 Å². The second-order valence-corrected chi connectivity index (χ2v) is 4.32. The van der Waals surface area contributed by atoms with Gasteiger partial charge in [0.15, 0.2) is 5.84 Å². The zero-order valence-electron chi connectivity index (χ0n) is 8.39. The number of hydrogen-bond donors (Lipinski definition) is 2. The van der Waals surface area contributed by atoms with Crippen LogP contribution in [-0.4, -0.2) is 30.4 Å². The quantitative estimate of drug-likeness (QED) is 0.380. The van der Waals surface area contributed by atoms with Crippen LogP contribution in [0.15, 0.2) is 27.8 Å². The summed E-state index contributed by atoms with van der Waals surface area (Å²) >= 11 is 3.32. The number of rotatable bonds is 3. The first-order valence-corrected chi connectivity index (χ1v) is 5.52. The fraction of sp³-hybridized carbons (Fsp3) is 0.300. The van der Waals surface area contributed by atoms with E-state index in [0.717, 1.165) is 4.47 Å². The van der Waals surface area contributed by atoms with E-state index in [1.54, 1.807) is 12.1 Å². The summed E-state index contributed by atoms with van der Waals surface area (Å²) in [5.74, 6) is 0.614. The molecule has 3 N–H and O–H groups in total. The topological polar surface area (TPSA) is 77.1 Å². The third kappa shape index (κ3) is 2.28. The second kappa shape index (κ2) is 4.71. The van der Waals surface area contributed by atoms with E-state index in [1.165, 1.54) is 0 Å². The summed E-state index contributed by atoms with van der Waals surface area (Å²) in [4.78, 5) is 0. The summed E-state index contributed by atoms with van der Waals surface area (Å²) in [6.07, 6.45) is 0.0476. The summed E-state index contributed by atoms with van der Waals surface area (Å²) in [5, 5.41) is 11.7. The van der Waals surface area contributed by atoms with Gasteiger partial charge < -0.3 is 20.4 Å². The van der Waals surface area contributed by atoms with Gasteiger partial charge in [0.05, 0.1) is 18.8 Å². The van der Waals surface area contributed by atoms with Gasteiger partial charge in [-0.3, -0.25) is 0 Å². The first-order chi connectivity index (χ1) is 7.70. The van der Waals surface area contributed by atoms with Crippen molar-refractivity contribution in [2.24, 2.45) is 10.9 Å². The number of nitrogens with two attached hydrogens (primary N) is 1. The van der Waals surface area contributed by atoms with Gasteiger partial charge in [-0.25, -0.2) is 0 Å². The van der Waals surface area contributed by atoms with Gasteiger partial charge in [0.1, 0.15) is 11.9 Å². The number of amidine groups is 1. The molecule has 86 valence electrons. The molecule has 1 aliphatic heterocycles. The molecule has 0 aliphatic carbocycles. The maximum Gasteiger partial charge on any atom is 0.173 e. The Morgan fingerprint density at radius 1 is 1.56 bits per heavy atom. The Morgan fingerprint density at radius 3 is 2.88 bits per heavy atom. The number of ether oxygens (including phenoxy) is 2. The first-order valence-electron chi connectivity index (χ1n) is 4.72. The molecule has 0 amide bonds. The van der Waals surface area contributed by atoms with Gasteiger partial charge in [0.25, 0.3) is 0 Å². The standard InChI is InChI=1S/C10H11BrN2O3/c11-6-1-2-9(16-7-4-15-5-7)8(3-6)10(12)13-14/h1-3,7,14H,4-5H2,(H2,12,13). The van der Waals surface area contributed by atoms with E-state index in [9.17, 15) is 0 Å². The summed E-state index contributed by atoms with van der Waals surface area (Å²) in [7, 11) is 0. The number of halogens is 1. The van der Waals surface area contributed by atoms with Crippen LogP contribution in [0.25, 0.3) is 0 Å². The highest BCUT2D eigenvalue weighted by Crippen LogP contribution is 2.25. The monoisotopic (exact) mass is 286 g/mol. The molecular weight excluding hydrogens is 276 g/mol. The Hall–Kier alpha value is -1.27. The van der Waals surface area contributed by atoms with E-state index in [2.05, 4.69) is 21.1 Å². The van der Waals surface area contributed by atoms with Crippen LogP contribution < -0.4 is 10.5 Å². The van der Waals surface area contributed by atoms with Gasteiger partial charge in [-0.15, -0.1) is 0 Å². The Kier molecular flexibility index (Phi) is 3.31. The lowest BCUT2D eigenvalue weighted by Gasteiger charge is -2.27. The zero-order chi connectivity index (χ0) is 11.5. The third-order valence-electron chi connectivity index (χ3n) is 2.23. The minimum absolute atomic E-state index is 0.0246. The smallest absolute Gasteiger partial charge is 0.173 e. The van der Waals surface area contributed by atoms with Gasteiger partial charge in [0.2, 0.25) is 0 Å². The predicted molar refractivity (Wildman–Crippen MR) is 61.9 cm³/mol. The SMILES string of the molecule is N/C(=N/O)c1cc(Br)ccc1OC1COC1. The third-order valence-corrected chi connectivity index (χ3v) is 2.72. The minimum Gasteiger partial charge on any atom is -0.485 e. The largest absolute Gasteiger partial charge is 0.485 e. The van der Waals surface area contributed by atoms with Crippen LogP contribution in [0.2, 0.25) is 0 Å². The number of nitrogens with zero attached hydrogens (tertiary/aromatic N) is 1. The normalized spacial score (nSPS) is 16.9.